The van der Waals surface area contributed by atoms with Crippen molar-refractivity contribution in [2.75, 3.05) is 13.0 Å². The predicted molar refractivity (Wildman–Crippen MR) is 99.9 cm³/mol. The van der Waals surface area contributed by atoms with Crippen LogP contribution < -0.4 is 4.74 Å². The third-order valence-electron chi connectivity index (χ3n) is 3.88. The highest BCUT2D eigenvalue weighted by Crippen LogP contribution is 2.29. The second-order valence-electron chi connectivity index (χ2n) is 6.10. The van der Waals surface area contributed by atoms with Gasteiger partial charge in [-0.15, -0.1) is 11.6 Å². The van der Waals surface area contributed by atoms with Crippen LogP contribution in [-0.2, 0) is 14.3 Å². The van der Waals surface area contributed by atoms with Gasteiger partial charge in [0, 0.05) is 29.3 Å². The molecule has 0 fully saturated rings. The summed E-state index contributed by atoms with van der Waals surface area (Å²) < 4.78 is 62.4. The Morgan fingerprint density at radius 2 is 2.00 bits per heavy atom. The molecule has 0 aliphatic rings. The number of aryl methyl sites for hydroxylation is 1. The number of nitrogens with zero attached hydrogens (tertiary/aromatic N) is 2. The molecule has 2 aromatic rings. The predicted octanol–water partition coefficient (Wildman–Crippen LogP) is 4.36. The van der Waals surface area contributed by atoms with E-state index in [0.717, 1.165) is 12.1 Å². The lowest BCUT2D eigenvalue weighted by atomic mass is 10.1. The van der Waals surface area contributed by atoms with Crippen molar-refractivity contribution in [2.24, 2.45) is 0 Å². The van der Waals surface area contributed by atoms with E-state index in [-0.39, 0.29) is 35.6 Å². The first-order valence-corrected chi connectivity index (χ1v) is 9.08. The van der Waals surface area contributed by atoms with E-state index in [1.807, 2.05) is 0 Å². The summed E-state index contributed by atoms with van der Waals surface area (Å²) in [5, 5.41) is 0. The van der Waals surface area contributed by atoms with Crippen LogP contribution in [0.15, 0.2) is 30.2 Å². The van der Waals surface area contributed by atoms with Gasteiger partial charge in [-0.2, -0.15) is 13.2 Å². The van der Waals surface area contributed by atoms with Gasteiger partial charge in [0.2, 0.25) is 0 Å². The van der Waals surface area contributed by atoms with Gasteiger partial charge < -0.3 is 14.0 Å². The smallest absolute Gasteiger partial charge is 0.491 e. The molecule has 11 heteroatoms. The fourth-order valence-corrected chi connectivity index (χ4v) is 2.61. The number of carbonyl (C=O) groups is 2. The van der Waals surface area contributed by atoms with E-state index < -0.39 is 23.9 Å². The van der Waals surface area contributed by atoms with E-state index in [4.69, 9.17) is 16.3 Å². The fourth-order valence-electron chi connectivity index (χ4n) is 2.47. The lowest BCUT2D eigenvalue weighted by molar-refractivity contribution is -0.200. The van der Waals surface area contributed by atoms with E-state index in [9.17, 15) is 27.2 Å². The number of esters is 2. The van der Waals surface area contributed by atoms with Crippen LogP contribution in [0.4, 0.5) is 17.6 Å². The van der Waals surface area contributed by atoms with Gasteiger partial charge in [0.1, 0.15) is 11.6 Å². The molecule has 6 nitrogen and oxygen atoms in total. The molecule has 0 amide bonds. The van der Waals surface area contributed by atoms with Gasteiger partial charge in [0.25, 0.3) is 0 Å². The third kappa shape index (κ3) is 5.82. The molecule has 0 bridgehead atoms. The molecule has 0 N–H and O–H groups in total. The maximum Gasteiger partial charge on any atom is 0.491 e. The van der Waals surface area contributed by atoms with Crippen LogP contribution >= 0.6 is 11.6 Å². The SMILES string of the molecule is COc1cc(/C=C(/CCCCl)C(=O)OC(=O)C(F)(F)F)c(F)cc1-n1cnc(C)c1. The Kier molecular flexibility index (Phi) is 7.60. The number of aromatic nitrogens is 2. The van der Waals surface area contributed by atoms with Gasteiger partial charge in [-0.25, -0.2) is 19.0 Å². The van der Waals surface area contributed by atoms with E-state index in [2.05, 4.69) is 9.72 Å². The van der Waals surface area contributed by atoms with Crippen LogP contribution in [0, 0.1) is 12.7 Å². The molecule has 0 aliphatic carbocycles. The Morgan fingerprint density at radius 1 is 1.30 bits per heavy atom. The lowest BCUT2D eigenvalue weighted by Crippen LogP contribution is -2.28. The minimum absolute atomic E-state index is 0.0859. The molecule has 162 valence electrons. The molecule has 0 saturated heterocycles. The summed E-state index contributed by atoms with van der Waals surface area (Å²) in [4.78, 5) is 27.0. The average Bonchev–Trinajstić information content (AvgIpc) is 3.11. The molecular formula is C19H17ClF4N2O4. The Morgan fingerprint density at radius 3 is 2.53 bits per heavy atom. The second-order valence-corrected chi connectivity index (χ2v) is 6.48. The van der Waals surface area contributed by atoms with Crippen LogP contribution in [0.1, 0.15) is 24.1 Å². The molecule has 0 saturated carbocycles. The van der Waals surface area contributed by atoms with Gasteiger partial charge in [0.05, 0.1) is 24.8 Å². The van der Waals surface area contributed by atoms with Crippen molar-refractivity contribution >= 4 is 29.6 Å². The van der Waals surface area contributed by atoms with Crippen LogP contribution in [0.2, 0.25) is 0 Å². The van der Waals surface area contributed by atoms with Crippen molar-refractivity contribution in [3.8, 4) is 11.4 Å². The van der Waals surface area contributed by atoms with Crippen molar-refractivity contribution in [3.63, 3.8) is 0 Å². The monoisotopic (exact) mass is 448 g/mol. The minimum Gasteiger partial charge on any atom is -0.495 e. The highest BCUT2D eigenvalue weighted by Gasteiger charge is 2.42. The van der Waals surface area contributed by atoms with E-state index in [1.165, 1.54) is 24.1 Å². The van der Waals surface area contributed by atoms with E-state index >= 15 is 0 Å². The summed E-state index contributed by atoms with van der Waals surface area (Å²) >= 11 is 5.57. The maximum atomic E-state index is 14.7. The van der Waals surface area contributed by atoms with E-state index in [0.29, 0.717) is 11.4 Å². The number of alkyl halides is 4. The Hall–Kier alpha value is -2.88. The minimum atomic E-state index is -5.34. The van der Waals surface area contributed by atoms with Gasteiger partial charge in [0.15, 0.2) is 0 Å². The molecule has 2 rings (SSSR count). The molecule has 0 unspecified atom stereocenters. The van der Waals surface area contributed by atoms with Crippen molar-refractivity contribution in [1.29, 1.82) is 0 Å². The Bertz CT molecular complexity index is 970. The standard InChI is InChI=1S/C19H17ClF4N2O4/c1-11-9-26(10-25-11)15-8-14(21)13(7-16(15)29-2)6-12(4-3-5-20)17(27)30-18(28)19(22,23)24/h6-10H,3-5H2,1-2H3/b12-6-. The second kappa shape index (κ2) is 9.75. The number of methoxy groups -OCH3 is 1. The number of carbonyl (C=O) groups excluding carboxylic acids is 2. The first kappa shape index (κ1) is 23.4. The molecule has 0 spiro atoms. The average molecular weight is 449 g/mol. The molecule has 1 aromatic carbocycles. The fraction of sp³-hybridized carbons (Fsp3) is 0.316. The van der Waals surface area contributed by atoms with Gasteiger partial charge >= 0.3 is 18.1 Å². The first-order chi connectivity index (χ1) is 14.1. The molecule has 1 aromatic heterocycles. The number of benzene rings is 1. The summed E-state index contributed by atoms with van der Waals surface area (Å²) in [6.07, 6.45) is -1.19. The molecule has 1 heterocycles. The zero-order valence-electron chi connectivity index (χ0n) is 15.9. The molecule has 0 aliphatic heterocycles. The quantitative estimate of drug-likeness (QED) is 0.207. The number of rotatable bonds is 7. The van der Waals surface area contributed by atoms with Crippen molar-refractivity contribution < 1.29 is 36.6 Å². The number of hydrogen-bond acceptors (Lipinski definition) is 5. The highest BCUT2D eigenvalue weighted by molar-refractivity contribution is 6.17. The van der Waals surface area contributed by atoms with Crippen molar-refractivity contribution in [2.45, 2.75) is 25.9 Å². The summed E-state index contributed by atoms with van der Waals surface area (Å²) in [6, 6.07) is 2.39. The van der Waals surface area contributed by atoms with Crippen LogP contribution in [-0.4, -0.2) is 40.7 Å². The number of imidazole rings is 1. The van der Waals surface area contributed by atoms with Crippen molar-refractivity contribution in [3.05, 3.63) is 47.3 Å². The van der Waals surface area contributed by atoms with Crippen LogP contribution in [0.25, 0.3) is 11.8 Å². The summed E-state index contributed by atoms with van der Waals surface area (Å²) in [7, 11) is 1.35. The van der Waals surface area contributed by atoms with E-state index in [1.54, 1.807) is 13.1 Å². The largest absolute Gasteiger partial charge is 0.495 e. The van der Waals surface area contributed by atoms with Gasteiger partial charge in [-0.3, -0.25) is 0 Å². The zero-order valence-corrected chi connectivity index (χ0v) is 16.7. The molecule has 30 heavy (non-hydrogen) atoms. The number of halogens is 5. The maximum absolute atomic E-state index is 14.7. The van der Waals surface area contributed by atoms with Gasteiger partial charge in [-0.05, 0) is 31.9 Å². The molecule has 0 atom stereocenters. The first-order valence-electron chi connectivity index (χ1n) is 8.55. The molecule has 0 radical (unpaired) electrons. The zero-order chi connectivity index (χ0) is 22.5. The third-order valence-corrected chi connectivity index (χ3v) is 4.14. The summed E-state index contributed by atoms with van der Waals surface area (Å²) in [6.45, 7) is 1.74. The van der Waals surface area contributed by atoms with Crippen LogP contribution in [0.3, 0.4) is 0 Å². The summed E-state index contributed by atoms with van der Waals surface area (Å²) in [5.41, 5.74) is 0.514. The summed E-state index contributed by atoms with van der Waals surface area (Å²) in [5.74, 6) is -4.67. The topological polar surface area (TPSA) is 70.4 Å². The number of ether oxygens (including phenoxy) is 2. The van der Waals surface area contributed by atoms with Gasteiger partial charge in [-0.1, -0.05) is 0 Å². The Balaban J connectivity index is 2.44. The normalized spacial score (nSPS) is 12.0. The highest BCUT2D eigenvalue weighted by atomic mass is 35.5. The number of hydrogen-bond donors (Lipinski definition) is 0. The lowest BCUT2D eigenvalue weighted by Gasteiger charge is -2.12. The molecular weight excluding hydrogens is 432 g/mol. The van der Waals surface area contributed by atoms with Crippen LogP contribution in [0.5, 0.6) is 5.75 Å². The Labute approximate surface area is 174 Å². The van der Waals surface area contributed by atoms with Crippen molar-refractivity contribution in [1.82, 2.24) is 9.55 Å².